The molecular formula is C21H18N4O2S2. The van der Waals surface area contributed by atoms with Crippen LogP contribution in [0.2, 0.25) is 0 Å². The minimum Gasteiger partial charge on any atom is -0.354 e. The molecule has 4 rings (SSSR count). The van der Waals surface area contributed by atoms with Crippen molar-refractivity contribution >= 4 is 39.2 Å². The molecule has 6 nitrogen and oxygen atoms in total. The summed E-state index contributed by atoms with van der Waals surface area (Å²) in [4.78, 5) is 33.2. The van der Waals surface area contributed by atoms with Crippen molar-refractivity contribution in [3.63, 3.8) is 0 Å². The van der Waals surface area contributed by atoms with Gasteiger partial charge in [-0.2, -0.15) is 0 Å². The minimum absolute atomic E-state index is 0.0869. The zero-order valence-electron chi connectivity index (χ0n) is 15.4. The lowest BCUT2D eigenvalue weighted by atomic mass is 10.1. The first-order chi connectivity index (χ1) is 14.2. The molecule has 2 aromatic carbocycles. The van der Waals surface area contributed by atoms with Crippen molar-refractivity contribution in [2.24, 2.45) is 0 Å². The van der Waals surface area contributed by atoms with Gasteiger partial charge in [-0.15, -0.1) is 11.3 Å². The van der Waals surface area contributed by atoms with Crippen molar-refractivity contribution in [3.8, 4) is 11.3 Å². The highest BCUT2D eigenvalue weighted by molar-refractivity contribution is 8.01. The summed E-state index contributed by atoms with van der Waals surface area (Å²) in [6.07, 6.45) is 1.52. The second kappa shape index (κ2) is 9.02. The summed E-state index contributed by atoms with van der Waals surface area (Å²) in [6.45, 7) is 0.740. The van der Waals surface area contributed by atoms with Crippen molar-refractivity contribution in [3.05, 3.63) is 77.3 Å². The lowest BCUT2D eigenvalue weighted by Gasteiger charge is -2.08. The van der Waals surface area contributed by atoms with E-state index in [9.17, 15) is 9.59 Å². The Kier molecular flexibility index (Phi) is 6.02. The second-order valence-corrected chi connectivity index (χ2v) is 8.51. The zero-order valence-corrected chi connectivity index (χ0v) is 17.1. The third-order valence-corrected chi connectivity index (χ3v) is 6.40. The number of carbonyl (C=O) groups excluding carboxylic acids is 1. The fourth-order valence-electron chi connectivity index (χ4n) is 2.77. The Morgan fingerprint density at radius 3 is 2.69 bits per heavy atom. The molecule has 2 heterocycles. The van der Waals surface area contributed by atoms with Gasteiger partial charge in [0.15, 0.2) is 4.34 Å². The molecule has 146 valence electrons. The van der Waals surface area contributed by atoms with Crippen LogP contribution in [0.1, 0.15) is 0 Å². The smallest absolute Gasteiger partial charge is 0.253 e. The Bertz CT molecular complexity index is 1150. The number of thioether (sulfide) groups is 1. The number of benzene rings is 2. The van der Waals surface area contributed by atoms with E-state index in [-0.39, 0.29) is 11.5 Å². The predicted octanol–water partition coefficient (Wildman–Crippen LogP) is 3.43. The van der Waals surface area contributed by atoms with E-state index in [1.54, 1.807) is 11.3 Å². The van der Waals surface area contributed by atoms with Crippen molar-refractivity contribution in [1.82, 2.24) is 19.9 Å². The lowest BCUT2D eigenvalue weighted by molar-refractivity contribution is -0.118. The van der Waals surface area contributed by atoms with Crippen LogP contribution in [0.5, 0.6) is 0 Å². The second-order valence-electron chi connectivity index (χ2n) is 6.26. The molecule has 0 aliphatic heterocycles. The van der Waals surface area contributed by atoms with Gasteiger partial charge < -0.3 is 5.32 Å². The molecule has 8 heteroatoms. The van der Waals surface area contributed by atoms with Crippen molar-refractivity contribution in [2.75, 3.05) is 12.3 Å². The van der Waals surface area contributed by atoms with E-state index in [1.165, 1.54) is 28.7 Å². The van der Waals surface area contributed by atoms with E-state index >= 15 is 0 Å². The van der Waals surface area contributed by atoms with Gasteiger partial charge in [0.25, 0.3) is 5.56 Å². The van der Waals surface area contributed by atoms with Gasteiger partial charge in [-0.3, -0.25) is 14.2 Å². The monoisotopic (exact) mass is 422 g/mol. The van der Waals surface area contributed by atoms with Gasteiger partial charge in [0.05, 0.1) is 28.0 Å². The van der Waals surface area contributed by atoms with E-state index in [4.69, 9.17) is 0 Å². The number of rotatable bonds is 7. The highest BCUT2D eigenvalue weighted by Gasteiger charge is 2.08. The number of fused-ring (bicyclic) bond motifs is 1. The van der Waals surface area contributed by atoms with Crippen molar-refractivity contribution < 1.29 is 4.79 Å². The van der Waals surface area contributed by atoms with Crippen molar-refractivity contribution in [2.45, 2.75) is 10.9 Å². The highest BCUT2D eigenvalue weighted by Crippen LogP contribution is 2.28. The van der Waals surface area contributed by atoms with Crippen LogP contribution in [0, 0.1) is 0 Å². The van der Waals surface area contributed by atoms with Crippen LogP contribution < -0.4 is 10.9 Å². The molecule has 0 fully saturated rings. The number of aromatic nitrogens is 3. The van der Waals surface area contributed by atoms with Gasteiger partial charge in [0.2, 0.25) is 5.91 Å². The fraction of sp³-hybridized carbons (Fsp3) is 0.143. The van der Waals surface area contributed by atoms with Gasteiger partial charge in [0.1, 0.15) is 0 Å². The SMILES string of the molecule is O=C(CSc1nc2ccccc2s1)NCCn1cnc(-c2ccccc2)cc1=O. The summed E-state index contributed by atoms with van der Waals surface area (Å²) in [5, 5.41) is 2.84. The number of carbonyl (C=O) groups is 1. The molecule has 0 unspecified atom stereocenters. The molecule has 4 aromatic rings. The van der Waals surface area contributed by atoms with E-state index in [0.29, 0.717) is 24.5 Å². The number of thiazole rings is 1. The molecule has 0 aliphatic rings. The highest BCUT2D eigenvalue weighted by atomic mass is 32.2. The van der Waals surface area contributed by atoms with E-state index in [2.05, 4.69) is 15.3 Å². The van der Waals surface area contributed by atoms with Crippen LogP contribution in [0.25, 0.3) is 21.5 Å². The Morgan fingerprint density at radius 1 is 1.10 bits per heavy atom. The largest absolute Gasteiger partial charge is 0.354 e. The molecule has 0 saturated carbocycles. The van der Waals surface area contributed by atoms with Gasteiger partial charge in [-0.05, 0) is 12.1 Å². The summed E-state index contributed by atoms with van der Waals surface area (Å²) in [5.74, 6) is 0.205. The van der Waals surface area contributed by atoms with Crippen LogP contribution in [0.4, 0.5) is 0 Å². The number of nitrogens with one attached hydrogen (secondary N) is 1. The van der Waals surface area contributed by atoms with E-state index in [0.717, 1.165) is 20.1 Å². The third-order valence-electron chi connectivity index (χ3n) is 4.22. The van der Waals surface area contributed by atoms with E-state index < -0.39 is 0 Å². The summed E-state index contributed by atoms with van der Waals surface area (Å²) in [7, 11) is 0. The number of nitrogens with zero attached hydrogens (tertiary/aromatic N) is 3. The first-order valence-electron chi connectivity index (χ1n) is 9.06. The van der Waals surface area contributed by atoms with Gasteiger partial charge >= 0.3 is 0 Å². The molecule has 0 spiro atoms. The Hall–Kier alpha value is -2.97. The number of hydrogen-bond acceptors (Lipinski definition) is 6. The molecule has 29 heavy (non-hydrogen) atoms. The van der Waals surface area contributed by atoms with E-state index in [1.807, 2.05) is 54.6 Å². The zero-order chi connectivity index (χ0) is 20.1. The summed E-state index contributed by atoms with van der Waals surface area (Å²) < 4.78 is 3.48. The quantitative estimate of drug-likeness (QED) is 0.462. The third kappa shape index (κ3) is 4.90. The van der Waals surface area contributed by atoms with Crippen LogP contribution in [0.15, 0.2) is 76.1 Å². The molecule has 0 saturated heterocycles. The maximum atomic E-state index is 12.3. The molecule has 0 radical (unpaired) electrons. The lowest BCUT2D eigenvalue weighted by Crippen LogP contribution is -2.31. The Morgan fingerprint density at radius 2 is 1.90 bits per heavy atom. The summed E-state index contributed by atoms with van der Waals surface area (Å²) >= 11 is 3.00. The number of para-hydroxylation sites is 1. The van der Waals surface area contributed by atoms with Crippen molar-refractivity contribution in [1.29, 1.82) is 0 Å². The fourth-order valence-corrected chi connectivity index (χ4v) is 4.67. The maximum absolute atomic E-state index is 12.3. The van der Waals surface area contributed by atoms with Crippen LogP contribution >= 0.6 is 23.1 Å². The van der Waals surface area contributed by atoms with Gasteiger partial charge in [-0.25, -0.2) is 9.97 Å². The summed E-state index contributed by atoms with van der Waals surface area (Å²) in [6, 6.07) is 19.0. The van der Waals surface area contributed by atoms with Crippen LogP contribution in [-0.4, -0.2) is 32.7 Å². The number of amides is 1. The standard InChI is InChI=1S/C21H18N4O2S2/c26-19(13-28-21-24-16-8-4-5-9-18(16)29-21)22-10-11-25-14-23-17(12-20(25)27)15-6-2-1-3-7-15/h1-9,12,14H,10-11,13H2,(H,22,26). The molecule has 0 atom stereocenters. The first kappa shape index (κ1) is 19.4. The van der Waals surface area contributed by atoms with Gasteiger partial charge in [0, 0.05) is 24.7 Å². The van der Waals surface area contributed by atoms with Crippen LogP contribution in [-0.2, 0) is 11.3 Å². The predicted molar refractivity (Wildman–Crippen MR) is 117 cm³/mol. The average Bonchev–Trinajstić information content (AvgIpc) is 3.17. The Labute approximate surface area is 175 Å². The normalized spacial score (nSPS) is 10.9. The van der Waals surface area contributed by atoms with Crippen LogP contribution in [0.3, 0.4) is 0 Å². The average molecular weight is 423 g/mol. The summed E-state index contributed by atoms with van der Waals surface area (Å²) in [5.41, 5.74) is 2.35. The first-order valence-corrected chi connectivity index (χ1v) is 10.9. The molecule has 0 aliphatic carbocycles. The molecular weight excluding hydrogens is 404 g/mol. The maximum Gasteiger partial charge on any atom is 0.253 e. The molecule has 0 bridgehead atoms. The molecule has 1 N–H and O–H groups in total. The molecule has 2 aromatic heterocycles. The topological polar surface area (TPSA) is 76.9 Å². The number of hydrogen-bond donors (Lipinski definition) is 1. The Balaban J connectivity index is 1.27. The molecule has 1 amide bonds. The van der Waals surface area contributed by atoms with Gasteiger partial charge in [-0.1, -0.05) is 54.2 Å². The minimum atomic E-state index is -0.142.